The van der Waals surface area contributed by atoms with Crippen molar-refractivity contribution < 1.29 is 4.74 Å². The largest absolute Gasteiger partial charge is 0.496 e. The molecule has 1 aliphatic rings. The molecule has 0 spiro atoms. The van der Waals surface area contributed by atoms with Crippen LogP contribution in [0.25, 0.3) is 22.3 Å². The summed E-state index contributed by atoms with van der Waals surface area (Å²) in [6, 6.07) is 14.5. The van der Waals surface area contributed by atoms with Gasteiger partial charge in [0.2, 0.25) is 0 Å². The zero-order valence-electron chi connectivity index (χ0n) is 15.4. The summed E-state index contributed by atoms with van der Waals surface area (Å²) in [4.78, 5) is 3.34. The Labute approximate surface area is 172 Å². The molecule has 0 atom stereocenters. The Balaban J connectivity index is 1.49. The van der Waals surface area contributed by atoms with Crippen molar-refractivity contribution in [2.45, 2.75) is 29.8 Å². The minimum atomic E-state index is 0.474. The van der Waals surface area contributed by atoms with Crippen molar-refractivity contribution in [2.75, 3.05) is 7.11 Å². The number of nitrogens with one attached hydrogen (secondary N) is 1. The first-order chi connectivity index (χ1) is 13.7. The number of halogens is 1. The van der Waals surface area contributed by atoms with E-state index in [4.69, 9.17) is 16.3 Å². The van der Waals surface area contributed by atoms with Crippen molar-refractivity contribution in [3.63, 3.8) is 0 Å². The van der Waals surface area contributed by atoms with Gasteiger partial charge in [-0.15, -0.1) is 10.2 Å². The first-order valence-corrected chi connectivity index (χ1v) is 10.6. The maximum absolute atomic E-state index is 6.17. The summed E-state index contributed by atoms with van der Waals surface area (Å²) in [5.74, 6) is 2.49. The number of fused-ring (bicyclic) bond motifs is 1. The molecule has 1 fully saturated rings. The van der Waals surface area contributed by atoms with Crippen LogP contribution >= 0.6 is 23.4 Å². The van der Waals surface area contributed by atoms with Crippen LogP contribution in [-0.2, 0) is 5.75 Å². The van der Waals surface area contributed by atoms with E-state index in [1.165, 1.54) is 18.2 Å². The topological polar surface area (TPSA) is 55.7 Å². The Hall–Kier alpha value is -2.44. The minimum Gasteiger partial charge on any atom is -0.496 e. The average Bonchev–Trinajstić information content (AvgIpc) is 3.32. The van der Waals surface area contributed by atoms with Crippen LogP contribution in [0.5, 0.6) is 5.75 Å². The van der Waals surface area contributed by atoms with Gasteiger partial charge in [0.1, 0.15) is 5.75 Å². The fourth-order valence-electron chi connectivity index (χ4n) is 3.48. The van der Waals surface area contributed by atoms with Gasteiger partial charge < -0.3 is 9.72 Å². The maximum atomic E-state index is 6.17. The Morgan fingerprint density at radius 2 is 2.07 bits per heavy atom. The molecule has 4 aromatic rings. The normalized spacial score (nSPS) is 13.9. The molecule has 2 heterocycles. The first-order valence-electron chi connectivity index (χ1n) is 9.21. The fourth-order valence-corrected chi connectivity index (χ4v) is 4.66. The van der Waals surface area contributed by atoms with Gasteiger partial charge in [-0.2, -0.15) is 0 Å². The van der Waals surface area contributed by atoms with Crippen molar-refractivity contribution in [3.8, 4) is 17.1 Å². The van der Waals surface area contributed by atoms with Crippen LogP contribution in [0.4, 0.5) is 0 Å². The van der Waals surface area contributed by atoms with Crippen molar-refractivity contribution in [1.29, 1.82) is 0 Å². The second-order valence-corrected chi connectivity index (χ2v) is 8.28. The SMILES string of the molecule is COc1ccc(Cl)cc1CSc1nnc(-c2c[nH]c3ccccc23)n1C1CC1. The second kappa shape index (κ2) is 7.18. The number of hydrogen-bond acceptors (Lipinski definition) is 4. The fraction of sp³-hybridized carbons (Fsp3) is 0.238. The van der Waals surface area contributed by atoms with E-state index in [-0.39, 0.29) is 0 Å². The van der Waals surface area contributed by atoms with Gasteiger partial charge in [-0.1, -0.05) is 41.6 Å². The third-order valence-corrected chi connectivity index (χ3v) is 6.23. The highest BCUT2D eigenvalue weighted by atomic mass is 35.5. The number of aromatic amines is 1. The van der Waals surface area contributed by atoms with Gasteiger partial charge in [0.05, 0.1) is 7.11 Å². The molecule has 7 heteroatoms. The van der Waals surface area contributed by atoms with Crippen LogP contribution in [0.3, 0.4) is 0 Å². The Kier molecular flexibility index (Phi) is 4.53. The molecule has 142 valence electrons. The highest BCUT2D eigenvalue weighted by Crippen LogP contribution is 2.43. The maximum Gasteiger partial charge on any atom is 0.192 e. The van der Waals surface area contributed by atoms with Crippen LogP contribution in [0, 0.1) is 0 Å². The standard InChI is InChI=1S/C21H19ClN4OS/c1-27-19-9-6-14(22)10-13(19)12-28-21-25-24-20(26(21)15-7-8-15)17-11-23-18-5-3-2-4-16(17)18/h2-6,9-11,15,23H,7-8,12H2,1H3. The second-order valence-electron chi connectivity index (χ2n) is 6.90. The molecule has 1 N–H and O–H groups in total. The number of thioether (sulfide) groups is 1. The molecule has 0 bridgehead atoms. The zero-order chi connectivity index (χ0) is 19.1. The van der Waals surface area contributed by atoms with Gasteiger partial charge in [-0.05, 0) is 37.1 Å². The lowest BCUT2D eigenvalue weighted by atomic mass is 10.1. The number of rotatable bonds is 6. The molecule has 0 unspecified atom stereocenters. The average molecular weight is 411 g/mol. The van der Waals surface area contributed by atoms with Crippen molar-refractivity contribution in [3.05, 3.63) is 59.2 Å². The summed E-state index contributed by atoms with van der Waals surface area (Å²) in [5.41, 5.74) is 3.27. The Morgan fingerprint density at radius 1 is 1.21 bits per heavy atom. The van der Waals surface area contributed by atoms with Crippen LogP contribution in [0.2, 0.25) is 5.02 Å². The van der Waals surface area contributed by atoms with Crippen LogP contribution in [-0.4, -0.2) is 26.9 Å². The molecular formula is C21H19ClN4OS. The molecule has 0 radical (unpaired) electrons. The van der Waals surface area contributed by atoms with Crippen LogP contribution < -0.4 is 4.74 Å². The van der Waals surface area contributed by atoms with Gasteiger partial charge in [0, 0.05) is 45.0 Å². The minimum absolute atomic E-state index is 0.474. The highest BCUT2D eigenvalue weighted by molar-refractivity contribution is 7.98. The molecule has 5 rings (SSSR count). The number of H-pyrrole nitrogens is 1. The first kappa shape index (κ1) is 17.6. The molecule has 2 aromatic heterocycles. The van der Waals surface area contributed by atoms with Crippen molar-refractivity contribution in [2.24, 2.45) is 0 Å². The third-order valence-electron chi connectivity index (χ3n) is 5.01. The monoisotopic (exact) mass is 410 g/mol. The quantitative estimate of drug-likeness (QED) is 0.413. The lowest BCUT2D eigenvalue weighted by Crippen LogP contribution is -2.00. The number of hydrogen-bond donors (Lipinski definition) is 1. The van der Waals surface area contributed by atoms with E-state index < -0.39 is 0 Å². The molecule has 1 saturated carbocycles. The van der Waals surface area contributed by atoms with E-state index in [0.717, 1.165) is 39.1 Å². The number of benzene rings is 2. The predicted octanol–water partition coefficient (Wildman–Crippen LogP) is 5.72. The Morgan fingerprint density at radius 3 is 2.89 bits per heavy atom. The molecule has 0 saturated heterocycles. The third kappa shape index (κ3) is 3.16. The lowest BCUT2D eigenvalue weighted by Gasteiger charge is -2.10. The predicted molar refractivity (Wildman–Crippen MR) is 113 cm³/mol. The summed E-state index contributed by atoms with van der Waals surface area (Å²) >= 11 is 7.84. The van der Waals surface area contributed by atoms with Crippen LogP contribution in [0.1, 0.15) is 24.4 Å². The zero-order valence-corrected chi connectivity index (χ0v) is 16.9. The van der Waals surface area contributed by atoms with E-state index in [9.17, 15) is 0 Å². The summed E-state index contributed by atoms with van der Waals surface area (Å²) in [7, 11) is 1.68. The van der Waals surface area contributed by atoms with E-state index >= 15 is 0 Å². The summed E-state index contributed by atoms with van der Waals surface area (Å²) in [6.45, 7) is 0. The lowest BCUT2D eigenvalue weighted by molar-refractivity contribution is 0.411. The van der Waals surface area contributed by atoms with Gasteiger partial charge in [0.15, 0.2) is 11.0 Å². The van der Waals surface area contributed by atoms with Gasteiger partial charge in [-0.3, -0.25) is 4.57 Å². The van der Waals surface area contributed by atoms with E-state index in [1.54, 1.807) is 18.9 Å². The Bertz CT molecular complexity index is 1150. The summed E-state index contributed by atoms with van der Waals surface area (Å²) < 4.78 is 7.76. The number of para-hydroxylation sites is 1. The molecule has 5 nitrogen and oxygen atoms in total. The number of nitrogens with zero attached hydrogens (tertiary/aromatic N) is 3. The smallest absolute Gasteiger partial charge is 0.192 e. The molecule has 1 aliphatic carbocycles. The van der Waals surface area contributed by atoms with Crippen molar-refractivity contribution in [1.82, 2.24) is 19.7 Å². The molecule has 0 amide bonds. The van der Waals surface area contributed by atoms with E-state index in [2.05, 4.69) is 37.9 Å². The van der Waals surface area contributed by atoms with E-state index in [1.807, 2.05) is 30.5 Å². The highest BCUT2D eigenvalue weighted by Gasteiger charge is 2.31. The summed E-state index contributed by atoms with van der Waals surface area (Å²) in [5, 5.41) is 11.9. The number of methoxy groups -OCH3 is 1. The van der Waals surface area contributed by atoms with Crippen molar-refractivity contribution >= 4 is 34.3 Å². The van der Waals surface area contributed by atoms with Crippen LogP contribution in [0.15, 0.2) is 53.8 Å². The number of ether oxygens (including phenoxy) is 1. The molecular weight excluding hydrogens is 392 g/mol. The van der Waals surface area contributed by atoms with Gasteiger partial charge >= 0.3 is 0 Å². The van der Waals surface area contributed by atoms with Gasteiger partial charge in [-0.25, -0.2) is 0 Å². The van der Waals surface area contributed by atoms with Gasteiger partial charge in [0.25, 0.3) is 0 Å². The molecule has 2 aromatic carbocycles. The van der Waals surface area contributed by atoms with E-state index in [0.29, 0.717) is 11.1 Å². The summed E-state index contributed by atoms with van der Waals surface area (Å²) in [6.07, 6.45) is 4.37. The molecule has 28 heavy (non-hydrogen) atoms. The molecule has 0 aliphatic heterocycles. The number of aromatic nitrogens is 4.